The number of aromatic carboxylic acids is 1. The summed E-state index contributed by atoms with van der Waals surface area (Å²) in [6.45, 7) is 0. The highest BCUT2D eigenvalue weighted by molar-refractivity contribution is 6.01. The number of rotatable bonds is 5. The number of carbonyl (C=O) groups is 1. The zero-order valence-electron chi connectivity index (χ0n) is 14.8. The van der Waals surface area contributed by atoms with E-state index in [-0.39, 0.29) is 11.4 Å². The fraction of sp³-hybridized carbons (Fsp3) is 0. The van der Waals surface area contributed by atoms with E-state index in [0.29, 0.717) is 22.6 Å². The lowest BCUT2D eigenvalue weighted by molar-refractivity contribution is 0.0698. The van der Waals surface area contributed by atoms with Gasteiger partial charge in [-0.25, -0.2) is 14.8 Å². The molecule has 0 fully saturated rings. The number of carboxylic acids is 1. The Kier molecular flexibility index (Phi) is 4.76. The summed E-state index contributed by atoms with van der Waals surface area (Å²) >= 11 is 0. The summed E-state index contributed by atoms with van der Waals surface area (Å²) in [5.74, 6) is -0.475. The molecule has 0 amide bonds. The highest BCUT2D eigenvalue weighted by Gasteiger charge is 2.22. The Balaban J connectivity index is 1.95. The van der Waals surface area contributed by atoms with Gasteiger partial charge in [0.2, 0.25) is 0 Å². The van der Waals surface area contributed by atoms with E-state index in [1.165, 1.54) is 0 Å². The fourth-order valence-corrected chi connectivity index (χ4v) is 2.84. The van der Waals surface area contributed by atoms with Crippen molar-refractivity contribution >= 4 is 17.5 Å². The molecule has 0 radical (unpaired) electrons. The van der Waals surface area contributed by atoms with Crippen LogP contribution in [0.5, 0.6) is 0 Å². The minimum absolute atomic E-state index is 0.0164. The van der Waals surface area contributed by atoms with Crippen molar-refractivity contribution in [3.8, 4) is 22.6 Å². The third-order valence-corrected chi connectivity index (χ3v) is 4.13. The summed E-state index contributed by atoms with van der Waals surface area (Å²) in [6.07, 6.45) is 3.31. The Hall–Kier alpha value is -4.06. The van der Waals surface area contributed by atoms with Gasteiger partial charge in [0.1, 0.15) is 11.4 Å². The number of anilines is 2. The van der Waals surface area contributed by atoms with E-state index in [2.05, 4.69) is 20.3 Å². The predicted octanol–water partition coefficient (Wildman–Crippen LogP) is 4.65. The van der Waals surface area contributed by atoms with Crippen molar-refractivity contribution < 1.29 is 9.90 Å². The van der Waals surface area contributed by atoms with Gasteiger partial charge in [0.15, 0.2) is 5.82 Å². The van der Waals surface area contributed by atoms with Crippen LogP contribution < -0.4 is 5.32 Å². The SMILES string of the molecule is O=C(O)c1c(Nc2ccccc2)nc(-c2cccnc2)nc1-c1ccccc1. The highest BCUT2D eigenvalue weighted by atomic mass is 16.4. The van der Waals surface area contributed by atoms with Crippen molar-refractivity contribution in [3.63, 3.8) is 0 Å². The summed E-state index contributed by atoms with van der Waals surface area (Å²) in [5.41, 5.74) is 2.50. The molecule has 0 aliphatic heterocycles. The summed E-state index contributed by atoms with van der Waals surface area (Å²) in [4.78, 5) is 25.3. The first-order chi connectivity index (χ1) is 13.7. The number of nitrogens with zero attached hydrogens (tertiary/aromatic N) is 3. The van der Waals surface area contributed by atoms with Crippen LogP contribution in [0.3, 0.4) is 0 Å². The number of benzene rings is 2. The molecule has 28 heavy (non-hydrogen) atoms. The molecular formula is C22H16N4O2. The number of hydrogen-bond donors (Lipinski definition) is 2. The van der Waals surface area contributed by atoms with E-state index in [0.717, 1.165) is 5.69 Å². The van der Waals surface area contributed by atoms with Crippen LogP contribution in [-0.4, -0.2) is 26.0 Å². The van der Waals surface area contributed by atoms with Crippen LogP contribution in [0.15, 0.2) is 85.2 Å². The van der Waals surface area contributed by atoms with Crippen LogP contribution in [0.2, 0.25) is 0 Å². The van der Waals surface area contributed by atoms with Gasteiger partial charge in [-0.05, 0) is 24.3 Å². The number of aromatic nitrogens is 3. The van der Waals surface area contributed by atoms with E-state index in [1.54, 1.807) is 18.5 Å². The van der Waals surface area contributed by atoms with Gasteiger partial charge < -0.3 is 10.4 Å². The molecule has 0 saturated heterocycles. The predicted molar refractivity (Wildman–Crippen MR) is 107 cm³/mol. The van der Waals surface area contributed by atoms with Crippen molar-refractivity contribution in [3.05, 3.63) is 90.8 Å². The minimum atomic E-state index is -1.10. The third-order valence-electron chi connectivity index (χ3n) is 4.13. The molecule has 4 aromatic rings. The van der Waals surface area contributed by atoms with Crippen LogP contribution in [-0.2, 0) is 0 Å². The topological polar surface area (TPSA) is 88.0 Å². The molecule has 0 spiro atoms. The largest absolute Gasteiger partial charge is 0.477 e. The Bertz CT molecular complexity index is 1100. The van der Waals surface area contributed by atoms with Crippen molar-refractivity contribution in [1.82, 2.24) is 15.0 Å². The molecule has 0 atom stereocenters. The van der Waals surface area contributed by atoms with Crippen molar-refractivity contribution in [2.75, 3.05) is 5.32 Å². The maximum Gasteiger partial charge on any atom is 0.341 e. The van der Waals surface area contributed by atoms with Gasteiger partial charge in [0, 0.05) is 29.2 Å². The first-order valence-corrected chi connectivity index (χ1v) is 8.65. The number of nitrogens with one attached hydrogen (secondary N) is 1. The van der Waals surface area contributed by atoms with Gasteiger partial charge in [-0.2, -0.15) is 0 Å². The monoisotopic (exact) mass is 368 g/mol. The molecule has 4 rings (SSSR count). The lowest BCUT2D eigenvalue weighted by Crippen LogP contribution is -2.10. The molecule has 0 bridgehead atoms. The van der Waals surface area contributed by atoms with Crippen molar-refractivity contribution in [2.45, 2.75) is 0 Å². The number of hydrogen-bond acceptors (Lipinski definition) is 5. The van der Waals surface area contributed by atoms with Gasteiger partial charge >= 0.3 is 5.97 Å². The summed E-state index contributed by atoms with van der Waals surface area (Å²) in [5, 5.41) is 13.0. The Morgan fingerprint density at radius 2 is 1.50 bits per heavy atom. The third kappa shape index (κ3) is 3.57. The fourth-order valence-electron chi connectivity index (χ4n) is 2.84. The standard InChI is InChI=1S/C22H16N4O2/c27-22(28)18-19(15-8-3-1-4-9-15)25-20(16-10-7-13-23-14-16)26-21(18)24-17-11-5-2-6-12-17/h1-14H,(H,27,28)(H,24,25,26). The van der Waals surface area contributed by atoms with Crippen LogP contribution in [0.4, 0.5) is 11.5 Å². The second kappa shape index (κ2) is 7.67. The summed E-state index contributed by atoms with van der Waals surface area (Å²) < 4.78 is 0. The molecule has 2 heterocycles. The van der Waals surface area contributed by atoms with Crippen molar-refractivity contribution in [1.29, 1.82) is 0 Å². The van der Waals surface area contributed by atoms with Gasteiger partial charge in [0.25, 0.3) is 0 Å². The molecule has 2 N–H and O–H groups in total. The molecule has 2 aromatic heterocycles. The molecule has 0 unspecified atom stereocenters. The average molecular weight is 368 g/mol. The molecule has 0 saturated carbocycles. The molecular weight excluding hydrogens is 352 g/mol. The first-order valence-electron chi connectivity index (χ1n) is 8.65. The van der Waals surface area contributed by atoms with Gasteiger partial charge in [-0.1, -0.05) is 48.5 Å². The summed E-state index contributed by atoms with van der Waals surface area (Å²) in [6, 6.07) is 22.2. The number of pyridine rings is 1. The van der Waals surface area contributed by atoms with E-state index in [9.17, 15) is 9.90 Å². The maximum absolute atomic E-state index is 12.1. The lowest BCUT2D eigenvalue weighted by Gasteiger charge is -2.14. The van der Waals surface area contributed by atoms with E-state index in [4.69, 9.17) is 0 Å². The van der Waals surface area contributed by atoms with Gasteiger partial charge in [0.05, 0.1) is 5.69 Å². The maximum atomic E-state index is 12.1. The molecule has 6 nitrogen and oxygen atoms in total. The average Bonchev–Trinajstić information content (AvgIpc) is 2.75. The highest BCUT2D eigenvalue weighted by Crippen LogP contribution is 2.31. The Morgan fingerprint density at radius 1 is 0.821 bits per heavy atom. The molecule has 136 valence electrons. The summed E-state index contributed by atoms with van der Waals surface area (Å²) in [7, 11) is 0. The van der Waals surface area contributed by atoms with E-state index in [1.807, 2.05) is 66.7 Å². The molecule has 0 aliphatic rings. The zero-order valence-corrected chi connectivity index (χ0v) is 14.8. The molecule has 0 aliphatic carbocycles. The Labute approximate surface area is 161 Å². The van der Waals surface area contributed by atoms with Crippen LogP contribution in [0.25, 0.3) is 22.6 Å². The quantitative estimate of drug-likeness (QED) is 0.533. The Morgan fingerprint density at radius 3 is 2.14 bits per heavy atom. The minimum Gasteiger partial charge on any atom is -0.477 e. The number of para-hydroxylation sites is 1. The lowest BCUT2D eigenvalue weighted by atomic mass is 10.1. The second-order valence-electron chi connectivity index (χ2n) is 6.02. The second-order valence-corrected chi connectivity index (χ2v) is 6.02. The first kappa shape index (κ1) is 17.4. The van der Waals surface area contributed by atoms with Crippen LogP contribution in [0.1, 0.15) is 10.4 Å². The van der Waals surface area contributed by atoms with Crippen LogP contribution in [0, 0.1) is 0 Å². The van der Waals surface area contributed by atoms with Gasteiger partial charge in [-0.3, -0.25) is 4.98 Å². The molecule has 2 aromatic carbocycles. The smallest absolute Gasteiger partial charge is 0.341 e. The van der Waals surface area contributed by atoms with Crippen molar-refractivity contribution in [2.24, 2.45) is 0 Å². The zero-order chi connectivity index (χ0) is 19.3. The van der Waals surface area contributed by atoms with E-state index < -0.39 is 5.97 Å². The van der Waals surface area contributed by atoms with Crippen LogP contribution >= 0.6 is 0 Å². The number of carboxylic acid groups (broad SMARTS) is 1. The molecule has 6 heteroatoms. The van der Waals surface area contributed by atoms with Gasteiger partial charge in [-0.15, -0.1) is 0 Å². The normalized spacial score (nSPS) is 10.4. The van der Waals surface area contributed by atoms with E-state index >= 15 is 0 Å².